The first-order chi connectivity index (χ1) is 18.8. The van der Waals surface area contributed by atoms with Gasteiger partial charge in [-0.15, -0.1) is 0 Å². The maximum atomic E-state index is 13.8. The lowest BCUT2D eigenvalue weighted by Crippen LogP contribution is -2.40. The molecule has 0 fully saturated rings. The predicted molar refractivity (Wildman–Crippen MR) is 152 cm³/mol. The molecule has 2 aromatic carbocycles. The number of halogens is 3. The second-order valence-electron chi connectivity index (χ2n) is 8.59. The lowest BCUT2D eigenvalue weighted by molar-refractivity contribution is -0.140. The summed E-state index contributed by atoms with van der Waals surface area (Å²) in [6.45, 7) is 2.04. The number of benzene rings is 2. The molecule has 1 aliphatic rings. The molecule has 0 spiro atoms. The SMILES string of the molecule is COCCOC(=O)C1=C(C)N=c2sc(=Cc3ccc(-c4ccc(Cl)cc4Cl)o3)c(=O)n2C1c1ccc(Cl)cc1. The van der Waals surface area contributed by atoms with Crippen molar-refractivity contribution in [1.82, 2.24) is 4.57 Å². The third kappa shape index (κ3) is 5.62. The van der Waals surface area contributed by atoms with Gasteiger partial charge in [0.2, 0.25) is 0 Å². The van der Waals surface area contributed by atoms with E-state index in [0.717, 1.165) is 0 Å². The number of aromatic nitrogens is 1. The van der Waals surface area contributed by atoms with E-state index in [9.17, 15) is 9.59 Å². The molecule has 0 radical (unpaired) electrons. The van der Waals surface area contributed by atoms with Crippen LogP contribution in [0.15, 0.2) is 80.1 Å². The summed E-state index contributed by atoms with van der Waals surface area (Å²) in [6.07, 6.45) is 1.64. The molecule has 200 valence electrons. The fourth-order valence-electron chi connectivity index (χ4n) is 4.23. The minimum atomic E-state index is -0.754. The molecule has 7 nitrogen and oxygen atoms in total. The summed E-state index contributed by atoms with van der Waals surface area (Å²) in [7, 11) is 1.52. The Labute approximate surface area is 242 Å². The molecule has 0 aliphatic carbocycles. The predicted octanol–water partition coefficient (Wildman–Crippen LogP) is 5.65. The number of hydrogen-bond acceptors (Lipinski definition) is 7. The van der Waals surface area contributed by atoms with Crippen molar-refractivity contribution in [2.45, 2.75) is 13.0 Å². The lowest BCUT2D eigenvalue weighted by atomic mass is 9.96. The monoisotopic (exact) mass is 602 g/mol. The topological polar surface area (TPSA) is 83.0 Å². The third-order valence-electron chi connectivity index (χ3n) is 6.04. The summed E-state index contributed by atoms with van der Waals surface area (Å²) in [5, 5.41) is 1.50. The van der Waals surface area contributed by atoms with Gasteiger partial charge in [-0.3, -0.25) is 9.36 Å². The van der Waals surface area contributed by atoms with E-state index >= 15 is 0 Å². The highest BCUT2D eigenvalue weighted by Gasteiger charge is 2.33. The molecule has 1 aliphatic heterocycles. The van der Waals surface area contributed by atoms with Gasteiger partial charge in [0.05, 0.1) is 33.5 Å². The molecular formula is C28H21Cl3N2O5S. The summed E-state index contributed by atoms with van der Waals surface area (Å²) in [5.41, 5.74) is 1.78. The number of furan rings is 1. The smallest absolute Gasteiger partial charge is 0.338 e. The number of allylic oxidation sites excluding steroid dienone is 1. The average molecular weight is 604 g/mol. The molecule has 4 aromatic rings. The highest BCUT2D eigenvalue weighted by molar-refractivity contribution is 7.07. The number of rotatable bonds is 7. The first-order valence-electron chi connectivity index (χ1n) is 11.8. The number of carbonyl (C=O) groups excluding carboxylic acids is 1. The molecule has 2 aromatic heterocycles. The van der Waals surface area contributed by atoms with Gasteiger partial charge in [-0.1, -0.05) is 58.3 Å². The molecule has 0 saturated heterocycles. The zero-order valence-electron chi connectivity index (χ0n) is 20.7. The summed E-state index contributed by atoms with van der Waals surface area (Å²) in [5.74, 6) is 0.420. The molecule has 0 saturated carbocycles. The standard InChI is InChI=1S/C28H21Cl3N2O5S/c1-15-24(27(35)37-12-11-36-2)25(16-3-5-17(29)6-4-16)33-26(34)23(39-28(33)32-15)14-19-8-10-22(38-19)20-9-7-18(30)13-21(20)31/h3-10,13-14,25H,11-12H2,1-2H3. The molecule has 5 rings (SSSR count). The van der Waals surface area contributed by atoms with E-state index in [1.54, 1.807) is 67.6 Å². The van der Waals surface area contributed by atoms with Gasteiger partial charge < -0.3 is 13.9 Å². The van der Waals surface area contributed by atoms with Gasteiger partial charge in [-0.2, -0.15) is 0 Å². The van der Waals surface area contributed by atoms with Gasteiger partial charge in [0.15, 0.2) is 4.80 Å². The Morgan fingerprint density at radius 3 is 2.54 bits per heavy atom. The zero-order valence-corrected chi connectivity index (χ0v) is 23.8. The van der Waals surface area contributed by atoms with Crippen molar-refractivity contribution < 1.29 is 18.7 Å². The third-order valence-corrected chi connectivity index (χ3v) is 7.83. The van der Waals surface area contributed by atoms with Crippen LogP contribution in [0.5, 0.6) is 0 Å². The second-order valence-corrected chi connectivity index (χ2v) is 10.9. The molecule has 1 unspecified atom stereocenters. The van der Waals surface area contributed by atoms with Crippen LogP contribution in [0.4, 0.5) is 0 Å². The van der Waals surface area contributed by atoms with E-state index in [1.165, 1.54) is 23.0 Å². The number of hydrogen-bond donors (Lipinski definition) is 0. The van der Waals surface area contributed by atoms with Crippen molar-refractivity contribution in [3.63, 3.8) is 0 Å². The van der Waals surface area contributed by atoms with E-state index in [1.807, 2.05) is 0 Å². The quantitative estimate of drug-likeness (QED) is 0.202. The summed E-state index contributed by atoms with van der Waals surface area (Å²) in [6, 6.07) is 14.9. The molecule has 0 bridgehead atoms. The largest absolute Gasteiger partial charge is 0.460 e. The molecular weight excluding hydrogens is 583 g/mol. The highest BCUT2D eigenvalue weighted by atomic mass is 35.5. The van der Waals surface area contributed by atoms with Crippen LogP contribution in [0.2, 0.25) is 15.1 Å². The Hall–Kier alpha value is -3.14. The van der Waals surface area contributed by atoms with E-state index < -0.39 is 12.0 Å². The lowest BCUT2D eigenvalue weighted by Gasteiger charge is -2.24. The van der Waals surface area contributed by atoms with Crippen molar-refractivity contribution >= 4 is 58.2 Å². The fourth-order valence-corrected chi connectivity index (χ4v) is 5.89. The number of esters is 1. The van der Waals surface area contributed by atoms with Gasteiger partial charge in [-0.25, -0.2) is 9.79 Å². The van der Waals surface area contributed by atoms with Gasteiger partial charge in [0, 0.05) is 28.8 Å². The number of methoxy groups -OCH3 is 1. The minimum Gasteiger partial charge on any atom is -0.460 e. The Morgan fingerprint density at radius 2 is 1.82 bits per heavy atom. The van der Waals surface area contributed by atoms with Gasteiger partial charge in [-0.05, 0) is 55.0 Å². The van der Waals surface area contributed by atoms with Crippen LogP contribution >= 0.6 is 46.1 Å². The van der Waals surface area contributed by atoms with Gasteiger partial charge >= 0.3 is 5.97 Å². The Bertz CT molecular complexity index is 1770. The van der Waals surface area contributed by atoms with Crippen LogP contribution in [-0.4, -0.2) is 30.9 Å². The number of fused-ring (bicyclic) bond motifs is 1. The first-order valence-corrected chi connectivity index (χ1v) is 13.7. The van der Waals surface area contributed by atoms with Crippen molar-refractivity contribution in [2.24, 2.45) is 4.99 Å². The molecule has 0 amide bonds. The van der Waals surface area contributed by atoms with Crippen molar-refractivity contribution in [2.75, 3.05) is 20.3 Å². The van der Waals surface area contributed by atoms with Gasteiger partial charge in [0.25, 0.3) is 5.56 Å². The van der Waals surface area contributed by atoms with Gasteiger partial charge in [0.1, 0.15) is 18.1 Å². The number of nitrogens with zero attached hydrogens (tertiary/aromatic N) is 2. The van der Waals surface area contributed by atoms with Crippen LogP contribution in [0.1, 0.15) is 24.3 Å². The molecule has 0 N–H and O–H groups in total. The summed E-state index contributed by atoms with van der Waals surface area (Å²) in [4.78, 5) is 32.0. The molecule has 1 atom stereocenters. The zero-order chi connectivity index (χ0) is 27.7. The summed E-state index contributed by atoms with van der Waals surface area (Å²) >= 11 is 19.7. The number of carbonyl (C=O) groups is 1. The van der Waals surface area contributed by atoms with Crippen LogP contribution in [-0.2, 0) is 14.3 Å². The minimum absolute atomic E-state index is 0.0718. The fraction of sp³-hybridized carbons (Fsp3) is 0.179. The molecule has 11 heteroatoms. The first kappa shape index (κ1) is 27.4. The molecule has 39 heavy (non-hydrogen) atoms. The van der Waals surface area contributed by atoms with Crippen LogP contribution in [0.25, 0.3) is 17.4 Å². The average Bonchev–Trinajstić information content (AvgIpc) is 3.48. The second kappa shape index (κ2) is 11.5. The Morgan fingerprint density at radius 1 is 1.08 bits per heavy atom. The van der Waals surface area contributed by atoms with Crippen molar-refractivity contribution in [3.05, 3.63) is 112 Å². The Kier molecular flexibility index (Phi) is 8.11. The van der Waals surface area contributed by atoms with E-state index in [4.69, 9.17) is 48.7 Å². The Balaban J connectivity index is 1.60. The molecule has 3 heterocycles. The van der Waals surface area contributed by atoms with Crippen molar-refractivity contribution in [1.29, 1.82) is 0 Å². The van der Waals surface area contributed by atoms with E-state index in [0.29, 0.717) is 52.7 Å². The van der Waals surface area contributed by atoms with Crippen LogP contribution in [0, 0.1) is 0 Å². The van der Waals surface area contributed by atoms with E-state index in [-0.39, 0.29) is 24.3 Å². The number of ether oxygens (including phenoxy) is 2. The normalized spacial score (nSPS) is 15.3. The van der Waals surface area contributed by atoms with Crippen molar-refractivity contribution in [3.8, 4) is 11.3 Å². The number of thiazole rings is 1. The summed E-state index contributed by atoms with van der Waals surface area (Å²) < 4.78 is 18.3. The maximum Gasteiger partial charge on any atom is 0.338 e. The maximum absolute atomic E-state index is 13.8. The van der Waals surface area contributed by atoms with Crippen LogP contribution in [0.3, 0.4) is 0 Å². The highest BCUT2D eigenvalue weighted by Crippen LogP contribution is 2.33. The van der Waals surface area contributed by atoms with E-state index in [2.05, 4.69) is 4.99 Å². The van der Waals surface area contributed by atoms with Crippen LogP contribution < -0.4 is 14.9 Å².